The van der Waals surface area contributed by atoms with Crippen molar-refractivity contribution in [2.24, 2.45) is 0 Å². The van der Waals surface area contributed by atoms with E-state index in [0.29, 0.717) is 21.7 Å². The summed E-state index contributed by atoms with van der Waals surface area (Å²) in [5, 5.41) is 7.01. The van der Waals surface area contributed by atoms with Gasteiger partial charge >= 0.3 is 0 Å². The van der Waals surface area contributed by atoms with Crippen LogP contribution in [-0.4, -0.2) is 57.5 Å². The number of H-pyrrole nitrogens is 2. The maximum atomic E-state index is 12.4. The van der Waals surface area contributed by atoms with Crippen LogP contribution >= 0.6 is 23.5 Å². The van der Waals surface area contributed by atoms with Gasteiger partial charge in [-0.2, -0.15) is 0 Å². The molecule has 0 aliphatic carbocycles. The van der Waals surface area contributed by atoms with Gasteiger partial charge in [-0.3, -0.25) is 9.59 Å². The van der Waals surface area contributed by atoms with Gasteiger partial charge in [0.1, 0.15) is 11.5 Å². The van der Waals surface area contributed by atoms with Gasteiger partial charge in [0.15, 0.2) is 10.3 Å². The molecule has 5 rings (SSSR count). The van der Waals surface area contributed by atoms with Gasteiger partial charge in [0.25, 0.3) is 0 Å². The molecule has 10 nitrogen and oxygen atoms in total. The van der Waals surface area contributed by atoms with E-state index in [2.05, 4.69) is 30.6 Å². The number of hydrogen-bond donors (Lipinski definition) is 4. The normalized spacial score (nSPS) is 11.0. The number of hydrogen-bond acceptors (Lipinski definition) is 8. The molecule has 194 valence electrons. The molecule has 0 fully saturated rings. The Morgan fingerprint density at radius 1 is 0.711 bits per heavy atom. The fourth-order valence-electron chi connectivity index (χ4n) is 3.62. The van der Waals surface area contributed by atoms with Crippen LogP contribution < -0.4 is 20.1 Å². The van der Waals surface area contributed by atoms with Crippen molar-refractivity contribution in [3.8, 4) is 11.5 Å². The zero-order valence-electron chi connectivity index (χ0n) is 20.5. The Morgan fingerprint density at radius 2 is 1.13 bits per heavy atom. The Hall–Kier alpha value is -4.16. The number of benzene rings is 3. The number of fused-ring (bicyclic) bond motifs is 2. The van der Waals surface area contributed by atoms with Crippen molar-refractivity contribution < 1.29 is 19.1 Å². The third kappa shape index (κ3) is 6.21. The van der Waals surface area contributed by atoms with E-state index >= 15 is 0 Å². The van der Waals surface area contributed by atoms with E-state index in [1.807, 2.05) is 36.4 Å². The van der Waals surface area contributed by atoms with Crippen LogP contribution in [0.4, 0.5) is 11.4 Å². The highest BCUT2D eigenvalue weighted by atomic mass is 32.2. The Kier molecular flexibility index (Phi) is 7.70. The van der Waals surface area contributed by atoms with Crippen LogP contribution in [0.3, 0.4) is 0 Å². The SMILES string of the molecule is COc1ccc2nc(SCC(=O)Nc3ccc(NC(=O)CSc4nc5ccc(OC)cc5[nH]4)cc3)[nH]c2c1. The summed E-state index contributed by atoms with van der Waals surface area (Å²) in [7, 11) is 3.22. The maximum absolute atomic E-state index is 12.4. The number of nitrogens with one attached hydrogen (secondary N) is 4. The van der Waals surface area contributed by atoms with Crippen LogP contribution in [0.5, 0.6) is 11.5 Å². The fourth-order valence-corrected chi connectivity index (χ4v) is 4.99. The molecule has 2 aromatic heterocycles. The van der Waals surface area contributed by atoms with Crippen LogP contribution in [0.1, 0.15) is 0 Å². The van der Waals surface area contributed by atoms with Crippen molar-refractivity contribution in [1.82, 2.24) is 19.9 Å². The van der Waals surface area contributed by atoms with E-state index in [9.17, 15) is 9.59 Å². The first-order valence-corrected chi connectivity index (χ1v) is 13.5. The number of aromatic amines is 2. The fraction of sp³-hybridized carbons (Fsp3) is 0.154. The van der Waals surface area contributed by atoms with Crippen LogP contribution in [0.25, 0.3) is 22.1 Å². The van der Waals surface area contributed by atoms with Gasteiger partial charge in [-0.05, 0) is 48.5 Å². The molecule has 0 aliphatic heterocycles. The molecule has 0 atom stereocenters. The standard InChI is InChI=1S/C26H24N6O4S2/c1-35-17-7-9-19-21(11-17)31-25(29-19)37-13-23(33)27-15-3-5-16(6-4-15)28-24(34)14-38-26-30-20-10-8-18(36-2)12-22(20)32-26/h3-12H,13-14H2,1-2H3,(H,27,33)(H,28,34)(H,29,31)(H,30,32). The zero-order chi connectivity index (χ0) is 26.5. The first-order valence-electron chi connectivity index (χ1n) is 11.5. The number of aromatic nitrogens is 4. The number of imidazole rings is 2. The Bertz CT molecular complexity index is 1480. The molecule has 0 saturated heterocycles. The summed E-state index contributed by atoms with van der Waals surface area (Å²) < 4.78 is 10.4. The number of thioether (sulfide) groups is 2. The summed E-state index contributed by atoms with van der Waals surface area (Å²) in [5.74, 6) is 1.54. The minimum absolute atomic E-state index is 0.162. The first kappa shape index (κ1) is 25.5. The summed E-state index contributed by atoms with van der Waals surface area (Å²) in [5.41, 5.74) is 4.58. The zero-order valence-corrected chi connectivity index (χ0v) is 22.2. The Balaban J connectivity index is 1.08. The van der Waals surface area contributed by atoms with Crippen LogP contribution in [-0.2, 0) is 9.59 Å². The molecule has 4 N–H and O–H groups in total. The lowest BCUT2D eigenvalue weighted by Gasteiger charge is -2.07. The van der Waals surface area contributed by atoms with Crippen molar-refractivity contribution >= 4 is 68.8 Å². The summed E-state index contributed by atoms with van der Waals surface area (Å²) in [6, 6.07) is 18.1. The average Bonchev–Trinajstić information content (AvgIpc) is 3.54. The molecular formula is C26H24N6O4S2. The Labute approximate surface area is 226 Å². The number of methoxy groups -OCH3 is 2. The van der Waals surface area contributed by atoms with Gasteiger partial charge in [0, 0.05) is 23.5 Å². The average molecular weight is 549 g/mol. The maximum Gasteiger partial charge on any atom is 0.234 e. The van der Waals surface area contributed by atoms with E-state index in [-0.39, 0.29) is 23.3 Å². The van der Waals surface area contributed by atoms with Crippen LogP contribution in [0.2, 0.25) is 0 Å². The largest absolute Gasteiger partial charge is 0.497 e. The number of amides is 2. The topological polar surface area (TPSA) is 134 Å². The molecule has 5 aromatic rings. The van der Waals surface area contributed by atoms with E-state index < -0.39 is 0 Å². The monoisotopic (exact) mass is 548 g/mol. The third-order valence-corrected chi connectivity index (χ3v) is 7.21. The lowest BCUT2D eigenvalue weighted by molar-refractivity contribution is -0.114. The van der Waals surface area contributed by atoms with Crippen LogP contribution in [0.15, 0.2) is 71.0 Å². The van der Waals surface area contributed by atoms with E-state index in [4.69, 9.17) is 9.47 Å². The second-order valence-electron chi connectivity index (χ2n) is 8.10. The minimum Gasteiger partial charge on any atom is -0.497 e. The predicted octanol–water partition coefficient (Wildman–Crippen LogP) is 4.92. The molecule has 38 heavy (non-hydrogen) atoms. The minimum atomic E-state index is -0.162. The second-order valence-corrected chi connectivity index (χ2v) is 10.0. The van der Waals surface area contributed by atoms with Crippen molar-refractivity contribution in [2.75, 3.05) is 36.4 Å². The van der Waals surface area contributed by atoms with Crippen molar-refractivity contribution in [1.29, 1.82) is 0 Å². The van der Waals surface area contributed by atoms with Crippen LogP contribution in [0, 0.1) is 0 Å². The quantitative estimate of drug-likeness (QED) is 0.181. The highest BCUT2D eigenvalue weighted by molar-refractivity contribution is 8.00. The van der Waals surface area contributed by atoms with Crippen molar-refractivity contribution in [3.63, 3.8) is 0 Å². The number of ether oxygens (including phenoxy) is 2. The molecule has 0 aliphatic rings. The smallest absolute Gasteiger partial charge is 0.234 e. The summed E-state index contributed by atoms with van der Waals surface area (Å²) in [6.07, 6.45) is 0. The lowest BCUT2D eigenvalue weighted by Crippen LogP contribution is -2.15. The number of carbonyl (C=O) groups is 2. The summed E-state index contributed by atoms with van der Waals surface area (Å²) in [6.45, 7) is 0. The van der Waals surface area contributed by atoms with Gasteiger partial charge in [0.05, 0.1) is 47.8 Å². The van der Waals surface area contributed by atoms with E-state index in [1.165, 1.54) is 23.5 Å². The third-order valence-electron chi connectivity index (χ3n) is 5.47. The number of nitrogens with zero attached hydrogens (tertiary/aromatic N) is 2. The van der Waals surface area contributed by atoms with Gasteiger partial charge < -0.3 is 30.1 Å². The molecular weight excluding hydrogens is 524 g/mol. The molecule has 0 bridgehead atoms. The number of rotatable bonds is 10. The molecule has 12 heteroatoms. The second kappa shape index (κ2) is 11.5. The predicted molar refractivity (Wildman–Crippen MR) is 150 cm³/mol. The first-order chi connectivity index (χ1) is 18.5. The number of carbonyl (C=O) groups excluding carboxylic acids is 2. The molecule has 0 spiro atoms. The summed E-state index contributed by atoms with van der Waals surface area (Å²) >= 11 is 2.62. The molecule has 0 unspecified atom stereocenters. The lowest BCUT2D eigenvalue weighted by atomic mass is 10.3. The molecule has 2 heterocycles. The summed E-state index contributed by atoms with van der Waals surface area (Å²) in [4.78, 5) is 40.1. The molecule has 3 aromatic carbocycles. The van der Waals surface area contributed by atoms with Gasteiger partial charge in [-0.15, -0.1) is 0 Å². The number of anilines is 2. The Morgan fingerprint density at radius 3 is 1.53 bits per heavy atom. The molecule has 0 radical (unpaired) electrons. The molecule has 2 amide bonds. The van der Waals surface area contributed by atoms with E-state index in [1.54, 1.807) is 38.5 Å². The molecule has 0 saturated carbocycles. The van der Waals surface area contributed by atoms with E-state index in [0.717, 1.165) is 33.6 Å². The highest BCUT2D eigenvalue weighted by Crippen LogP contribution is 2.25. The van der Waals surface area contributed by atoms with Crippen molar-refractivity contribution in [2.45, 2.75) is 10.3 Å². The van der Waals surface area contributed by atoms with Crippen molar-refractivity contribution in [3.05, 3.63) is 60.7 Å². The van der Waals surface area contributed by atoms with Gasteiger partial charge in [0.2, 0.25) is 11.8 Å². The highest BCUT2D eigenvalue weighted by Gasteiger charge is 2.10. The van der Waals surface area contributed by atoms with Gasteiger partial charge in [-0.1, -0.05) is 23.5 Å². The van der Waals surface area contributed by atoms with Gasteiger partial charge in [-0.25, -0.2) is 9.97 Å².